The van der Waals surface area contributed by atoms with Crippen molar-refractivity contribution < 1.29 is 28.3 Å². The Morgan fingerprint density at radius 1 is 0.837 bits per heavy atom. The zero-order valence-electron chi connectivity index (χ0n) is 23.0. The number of ether oxygens (including phenoxy) is 1. The number of amides is 1. The van der Waals surface area contributed by atoms with Gasteiger partial charge in [0.25, 0.3) is 0 Å². The van der Waals surface area contributed by atoms with Gasteiger partial charge < -0.3 is 15.0 Å². The first kappa shape index (κ1) is 26.5. The van der Waals surface area contributed by atoms with Crippen LogP contribution in [0.25, 0.3) is 6.08 Å². The highest BCUT2D eigenvalue weighted by molar-refractivity contribution is 6.18. The van der Waals surface area contributed by atoms with Crippen molar-refractivity contribution in [1.82, 2.24) is 0 Å². The Morgan fingerprint density at radius 3 is 2.23 bits per heavy atom. The fraction of sp³-hybridized carbons (Fsp3) is 0.143. The minimum atomic E-state index is -1.47. The van der Waals surface area contributed by atoms with Gasteiger partial charge in [-0.05, 0) is 71.8 Å². The van der Waals surface area contributed by atoms with Crippen LogP contribution >= 0.6 is 0 Å². The molecule has 1 N–H and O–H groups in total. The molecular formula is C35H25FN2O5. The van der Waals surface area contributed by atoms with Crippen molar-refractivity contribution in [3.05, 3.63) is 131 Å². The molecule has 0 radical (unpaired) electrons. The third-order valence-electron chi connectivity index (χ3n) is 8.62. The molecule has 4 atom stereocenters. The van der Waals surface area contributed by atoms with Crippen molar-refractivity contribution in [3.8, 4) is 5.75 Å². The van der Waals surface area contributed by atoms with Gasteiger partial charge in [-0.25, -0.2) is 4.39 Å². The molecule has 43 heavy (non-hydrogen) atoms. The van der Waals surface area contributed by atoms with Crippen LogP contribution in [-0.2, 0) is 15.0 Å². The average molecular weight is 573 g/mol. The number of esters is 1. The van der Waals surface area contributed by atoms with Gasteiger partial charge in [-0.3, -0.25) is 19.2 Å². The third kappa shape index (κ3) is 3.94. The molecule has 1 fully saturated rings. The molecule has 7 rings (SSSR count). The maximum atomic E-state index is 14.7. The van der Waals surface area contributed by atoms with Gasteiger partial charge in [0, 0.05) is 29.4 Å². The molecule has 0 aromatic heterocycles. The molecule has 212 valence electrons. The molecular weight excluding hydrogens is 547 g/mol. The van der Waals surface area contributed by atoms with Crippen LogP contribution in [0.1, 0.15) is 38.8 Å². The van der Waals surface area contributed by atoms with Crippen molar-refractivity contribution in [2.75, 3.05) is 10.2 Å². The van der Waals surface area contributed by atoms with Gasteiger partial charge in [0.15, 0.2) is 11.6 Å². The second-order valence-electron chi connectivity index (χ2n) is 10.9. The first-order chi connectivity index (χ1) is 20.8. The molecule has 0 unspecified atom stereocenters. The highest BCUT2D eigenvalue weighted by Gasteiger charge is 2.70. The molecule has 3 aliphatic rings. The van der Waals surface area contributed by atoms with E-state index in [0.717, 1.165) is 11.3 Å². The Hall–Kier alpha value is -5.37. The number of para-hydroxylation sites is 2. The third-order valence-corrected chi connectivity index (χ3v) is 8.62. The molecule has 0 aliphatic carbocycles. The normalized spacial score (nSPS) is 22.9. The van der Waals surface area contributed by atoms with E-state index in [0.29, 0.717) is 11.3 Å². The number of nitrogens with one attached hydrogen (secondary N) is 1. The molecule has 3 aliphatic heterocycles. The van der Waals surface area contributed by atoms with Gasteiger partial charge in [-0.15, -0.1) is 0 Å². The van der Waals surface area contributed by atoms with Crippen LogP contribution in [0.5, 0.6) is 5.75 Å². The maximum Gasteiger partial charge on any atom is 0.308 e. The summed E-state index contributed by atoms with van der Waals surface area (Å²) < 4.78 is 19.1. The van der Waals surface area contributed by atoms with E-state index in [-0.39, 0.29) is 28.6 Å². The quantitative estimate of drug-likeness (QED) is 0.190. The number of rotatable bonds is 5. The summed E-state index contributed by atoms with van der Waals surface area (Å²) in [6.45, 7) is 1.29. The number of Topliss-reactive ketones (excluding diaryl/α,β-unsaturated/α-hetero) is 2. The Morgan fingerprint density at radius 2 is 1.49 bits per heavy atom. The van der Waals surface area contributed by atoms with Gasteiger partial charge in [0.2, 0.25) is 5.91 Å². The molecule has 3 heterocycles. The minimum Gasteiger partial charge on any atom is -0.427 e. The lowest BCUT2D eigenvalue weighted by molar-refractivity contribution is -0.131. The van der Waals surface area contributed by atoms with E-state index in [1.54, 1.807) is 24.3 Å². The summed E-state index contributed by atoms with van der Waals surface area (Å²) in [4.78, 5) is 57.1. The van der Waals surface area contributed by atoms with Crippen molar-refractivity contribution in [3.63, 3.8) is 0 Å². The number of carbonyl (C=O) groups excluding carboxylic acids is 4. The fourth-order valence-electron chi connectivity index (χ4n) is 6.94. The second kappa shape index (κ2) is 9.87. The number of benzene rings is 4. The summed E-state index contributed by atoms with van der Waals surface area (Å²) in [5.41, 5.74) is 1.78. The number of halogens is 1. The van der Waals surface area contributed by atoms with E-state index in [4.69, 9.17) is 4.74 Å². The minimum absolute atomic E-state index is 0.197. The van der Waals surface area contributed by atoms with Crippen LogP contribution in [-0.4, -0.2) is 35.5 Å². The van der Waals surface area contributed by atoms with Crippen LogP contribution < -0.4 is 15.0 Å². The zero-order valence-corrected chi connectivity index (χ0v) is 23.0. The number of ketones is 2. The Kier molecular flexibility index (Phi) is 6.09. The number of hydrogen-bond donors (Lipinski definition) is 1. The molecule has 0 saturated carbocycles. The summed E-state index contributed by atoms with van der Waals surface area (Å²) in [6.07, 6.45) is 3.82. The molecule has 8 heteroatoms. The molecule has 1 saturated heterocycles. The highest BCUT2D eigenvalue weighted by atomic mass is 19.1. The van der Waals surface area contributed by atoms with E-state index < -0.39 is 41.0 Å². The molecule has 0 bridgehead atoms. The van der Waals surface area contributed by atoms with E-state index >= 15 is 0 Å². The second-order valence-corrected chi connectivity index (χ2v) is 10.9. The van der Waals surface area contributed by atoms with Crippen molar-refractivity contribution in [2.45, 2.75) is 24.4 Å². The van der Waals surface area contributed by atoms with Gasteiger partial charge in [-0.2, -0.15) is 0 Å². The Balaban J connectivity index is 1.48. The van der Waals surface area contributed by atoms with Crippen molar-refractivity contribution >= 4 is 40.9 Å². The maximum absolute atomic E-state index is 14.7. The summed E-state index contributed by atoms with van der Waals surface area (Å²) >= 11 is 0. The largest absolute Gasteiger partial charge is 0.427 e. The molecule has 1 spiro atoms. The van der Waals surface area contributed by atoms with Crippen LogP contribution in [0.3, 0.4) is 0 Å². The highest BCUT2D eigenvalue weighted by Crippen LogP contribution is 2.58. The monoisotopic (exact) mass is 572 g/mol. The average Bonchev–Trinajstić information content (AvgIpc) is 3.49. The Labute approximate surface area is 246 Å². The van der Waals surface area contributed by atoms with Crippen molar-refractivity contribution in [1.29, 1.82) is 0 Å². The first-order valence-electron chi connectivity index (χ1n) is 13.9. The van der Waals surface area contributed by atoms with Crippen LogP contribution in [0.15, 0.2) is 103 Å². The lowest BCUT2D eigenvalue weighted by Crippen LogP contribution is -2.51. The van der Waals surface area contributed by atoms with Gasteiger partial charge in [0.05, 0.1) is 12.0 Å². The SMILES string of the molecule is CC(=O)Oc1ccc(C(=O)[C@@H]2[C@H](C(=O)c3ccc(F)cc3)[C@@]3(C(=O)Nc4ccccc43)[C@H]3C=Cc4ccccc4N23)cc1. The molecule has 4 aromatic rings. The fourth-order valence-corrected chi connectivity index (χ4v) is 6.94. The molecule has 4 aromatic carbocycles. The summed E-state index contributed by atoms with van der Waals surface area (Å²) in [6, 6.07) is 24.3. The van der Waals surface area contributed by atoms with Gasteiger partial charge >= 0.3 is 5.97 Å². The van der Waals surface area contributed by atoms with Crippen molar-refractivity contribution in [2.24, 2.45) is 5.92 Å². The smallest absolute Gasteiger partial charge is 0.308 e. The number of carbonyl (C=O) groups is 4. The Bertz CT molecular complexity index is 1850. The number of anilines is 2. The predicted octanol–water partition coefficient (Wildman–Crippen LogP) is 5.61. The number of fused-ring (bicyclic) bond motifs is 6. The topological polar surface area (TPSA) is 92.8 Å². The summed E-state index contributed by atoms with van der Waals surface area (Å²) in [5, 5.41) is 2.99. The molecule has 1 amide bonds. The number of hydrogen-bond acceptors (Lipinski definition) is 6. The van der Waals surface area contributed by atoms with Gasteiger partial charge in [-0.1, -0.05) is 48.6 Å². The van der Waals surface area contributed by atoms with Crippen LogP contribution in [0, 0.1) is 11.7 Å². The van der Waals surface area contributed by atoms with Gasteiger partial charge in [0.1, 0.15) is 23.0 Å². The zero-order chi connectivity index (χ0) is 29.9. The van der Waals surface area contributed by atoms with E-state index in [2.05, 4.69) is 5.32 Å². The first-order valence-corrected chi connectivity index (χ1v) is 13.9. The van der Waals surface area contributed by atoms with Crippen LogP contribution in [0.4, 0.5) is 15.8 Å². The molecule has 7 nitrogen and oxygen atoms in total. The number of nitrogens with zero attached hydrogens (tertiary/aromatic N) is 1. The predicted molar refractivity (Wildman–Crippen MR) is 159 cm³/mol. The summed E-state index contributed by atoms with van der Waals surface area (Å²) in [7, 11) is 0. The summed E-state index contributed by atoms with van der Waals surface area (Å²) in [5.74, 6) is -3.10. The lowest BCUT2D eigenvalue weighted by atomic mass is 9.64. The lowest BCUT2D eigenvalue weighted by Gasteiger charge is -2.37. The standard InChI is InChI=1S/C35H25FN2O5/c1-20(39)43-25-17-12-23(13-18-25)33(41)31-30(32(40)22-10-15-24(36)16-11-22)35(26-7-3-4-8-27(26)37-34(35)42)29-19-14-21-6-2-5-9-28(21)38(29)31/h2-19,29-31H,1H3,(H,37,42)/t29-,30-,31+,35+/m1/s1. The van der Waals surface area contributed by atoms with E-state index in [9.17, 15) is 23.6 Å². The van der Waals surface area contributed by atoms with E-state index in [1.807, 2.05) is 53.5 Å². The van der Waals surface area contributed by atoms with E-state index in [1.165, 1.54) is 43.3 Å². The van der Waals surface area contributed by atoms with Crippen LogP contribution in [0.2, 0.25) is 0 Å².